The van der Waals surface area contributed by atoms with E-state index >= 15 is 0 Å². The zero-order chi connectivity index (χ0) is 20.5. The monoisotopic (exact) mass is 406 g/mol. The van der Waals surface area contributed by atoms with Crippen molar-refractivity contribution >= 4 is 16.7 Å². The Balaban J connectivity index is 1.79. The molecule has 0 aliphatic carbocycles. The van der Waals surface area contributed by atoms with Gasteiger partial charge < -0.3 is 14.5 Å². The van der Waals surface area contributed by atoms with E-state index in [0.717, 1.165) is 16.9 Å². The van der Waals surface area contributed by atoms with Gasteiger partial charge in [-0.2, -0.15) is 11.0 Å². The molecule has 0 bridgehead atoms. The molecule has 0 unspecified atom stereocenters. The summed E-state index contributed by atoms with van der Waals surface area (Å²) >= 11 is 0. The third-order valence-electron chi connectivity index (χ3n) is 5.17. The van der Waals surface area contributed by atoms with E-state index in [2.05, 4.69) is 20.1 Å². The van der Waals surface area contributed by atoms with Crippen molar-refractivity contribution in [3.05, 3.63) is 54.6 Å². The molecule has 1 aliphatic heterocycles. The molecule has 1 aromatic carbocycles. The fourth-order valence-corrected chi connectivity index (χ4v) is 3.68. The van der Waals surface area contributed by atoms with Crippen LogP contribution in [0.15, 0.2) is 48.8 Å². The Morgan fingerprint density at radius 2 is 1.93 bits per heavy atom. The lowest BCUT2D eigenvalue weighted by Gasteiger charge is -2.28. The number of nitrogens with two attached hydrogens (primary N) is 1. The van der Waals surface area contributed by atoms with Gasteiger partial charge in [0.2, 0.25) is 0 Å². The summed E-state index contributed by atoms with van der Waals surface area (Å²) in [6.45, 7) is 2.62. The Bertz CT molecular complexity index is 1190. The number of fused-ring (bicyclic) bond motifs is 1. The summed E-state index contributed by atoms with van der Waals surface area (Å²) < 4.78 is 20.4. The van der Waals surface area contributed by atoms with Crippen molar-refractivity contribution in [2.75, 3.05) is 31.2 Å². The number of nitrogens with one attached hydrogen (secondary N) is 1. The number of aromatic nitrogens is 4. The van der Waals surface area contributed by atoms with Crippen LogP contribution in [0.4, 0.5) is 10.2 Å². The van der Waals surface area contributed by atoms with E-state index in [-0.39, 0.29) is 5.82 Å². The Morgan fingerprint density at radius 1 is 1.07 bits per heavy atom. The molecule has 8 nitrogen and oxygen atoms in total. The Hall–Kier alpha value is -3.56. The van der Waals surface area contributed by atoms with E-state index < -0.39 is 0 Å². The van der Waals surface area contributed by atoms with Gasteiger partial charge in [0.1, 0.15) is 28.6 Å². The number of benzene rings is 1. The van der Waals surface area contributed by atoms with Gasteiger partial charge in [-0.15, -0.1) is 0 Å². The van der Waals surface area contributed by atoms with Gasteiger partial charge in [0.05, 0.1) is 18.9 Å². The highest BCUT2D eigenvalue weighted by molar-refractivity contribution is 6.01. The predicted octanol–water partition coefficient (Wildman–Crippen LogP) is 2.92. The number of pyridine rings is 2. The summed E-state index contributed by atoms with van der Waals surface area (Å²) in [6, 6.07) is 9.97. The lowest BCUT2D eigenvalue weighted by Crippen LogP contribution is -2.36. The minimum Gasteiger partial charge on any atom is -0.412 e. The first-order chi connectivity index (χ1) is 14.7. The van der Waals surface area contributed by atoms with Gasteiger partial charge in [-0.25, -0.2) is 9.37 Å². The van der Waals surface area contributed by atoms with E-state index in [0.29, 0.717) is 54.4 Å². The standard InChI is InChI=1S/C21H19FN6O2/c22-17-2-1-13(30-23)11-16(17)15-12-19(28-7-9-29-10-8-28)26-20-14(15)3-5-24-21(20)18-4-6-25-27-18/h1-6,11-12H,7-10,23H2,(H,25,27). The summed E-state index contributed by atoms with van der Waals surface area (Å²) in [7, 11) is 0. The van der Waals surface area contributed by atoms with Crippen LogP contribution in [0.3, 0.4) is 0 Å². The maximum atomic E-state index is 14.9. The van der Waals surface area contributed by atoms with E-state index in [4.69, 9.17) is 20.5 Å². The number of aromatic amines is 1. The third kappa shape index (κ3) is 3.23. The maximum Gasteiger partial charge on any atom is 0.147 e. The largest absolute Gasteiger partial charge is 0.412 e. The Kier molecular flexibility index (Phi) is 4.74. The molecule has 0 radical (unpaired) electrons. The van der Waals surface area contributed by atoms with Gasteiger partial charge in [-0.3, -0.25) is 10.1 Å². The first-order valence-corrected chi connectivity index (χ1v) is 9.53. The van der Waals surface area contributed by atoms with Gasteiger partial charge in [0, 0.05) is 36.4 Å². The number of hydrogen-bond donors (Lipinski definition) is 2. The van der Waals surface area contributed by atoms with Crippen LogP contribution in [-0.2, 0) is 4.74 Å². The van der Waals surface area contributed by atoms with E-state index in [1.54, 1.807) is 18.5 Å². The zero-order valence-electron chi connectivity index (χ0n) is 16.0. The summed E-state index contributed by atoms with van der Waals surface area (Å²) in [5.41, 5.74) is 3.09. The molecule has 0 amide bonds. The van der Waals surface area contributed by atoms with Crippen molar-refractivity contribution in [1.82, 2.24) is 20.2 Å². The van der Waals surface area contributed by atoms with Gasteiger partial charge in [0.25, 0.3) is 0 Å². The average Bonchev–Trinajstić information content (AvgIpc) is 3.34. The quantitative estimate of drug-likeness (QED) is 0.503. The fourth-order valence-electron chi connectivity index (χ4n) is 3.68. The molecule has 1 saturated heterocycles. The first kappa shape index (κ1) is 18.5. The van der Waals surface area contributed by atoms with Gasteiger partial charge in [-0.1, -0.05) is 0 Å². The second kappa shape index (κ2) is 7.69. The Morgan fingerprint density at radius 3 is 2.70 bits per heavy atom. The summed E-state index contributed by atoms with van der Waals surface area (Å²) in [6.07, 6.45) is 3.34. The predicted molar refractivity (Wildman–Crippen MR) is 110 cm³/mol. The fraction of sp³-hybridized carbons (Fsp3) is 0.190. The van der Waals surface area contributed by atoms with Crippen LogP contribution in [-0.4, -0.2) is 46.5 Å². The van der Waals surface area contributed by atoms with Crippen molar-refractivity contribution in [3.63, 3.8) is 0 Å². The molecule has 4 aromatic rings. The van der Waals surface area contributed by atoms with E-state index in [9.17, 15) is 4.39 Å². The molecule has 3 N–H and O–H groups in total. The molecule has 0 spiro atoms. The minimum absolute atomic E-state index is 0.368. The zero-order valence-corrected chi connectivity index (χ0v) is 16.0. The Labute approximate surface area is 171 Å². The highest BCUT2D eigenvalue weighted by Crippen LogP contribution is 2.37. The number of halogens is 1. The molecule has 30 heavy (non-hydrogen) atoms. The van der Waals surface area contributed by atoms with Crippen LogP contribution in [0.5, 0.6) is 5.75 Å². The van der Waals surface area contributed by atoms with Crippen molar-refractivity contribution in [2.45, 2.75) is 0 Å². The van der Waals surface area contributed by atoms with Crippen molar-refractivity contribution in [2.24, 2.45) is 5.90 Å². The number of H-pyrrole nitrogens is 1. The number of anilines is 1. The number of nitrogens with zero attached hydrogens (tertiary/aromatic N) is 4. The number of rotatable bonds is 4. The highest BCUT2D eigenvalue weighted by Gasteiger charge is 2.20. The van der Waals surface area contributed by atoms with Crippen LogP contribution < -0.4 is 15.6 Å². The summed E-state index contributed by atoms with van der Waals surface area (Å²) in [5.74, 6) is 6.04. The van der Waals surface area contributed by atoms with Crippen LogP contribution in [0.2, 0.25) is 0 Å². The number of morpholine rings is 1. The molecule has 1 fully saturated rings. The molecular formula is C21H19FN6O2. The topological polar surface area (TPSA) is 102 Å². The highest BCUT2D eigenvalue weighted by atomic mass is 19.1. The van der Waals surface area contributed by atoms with Crippen LogP contribution in [0, 0.1) is 5.82 Å². The molecule has 0 atom stereocenters. The molecule has 1 aliphatic rings. The molecule has 152 valence electrons. The second-order valence-electron chi connectivity index (χ2n) is 6.91. The summed E-state index contributed by atoms with van der Waals surface area (Å²) in [5, 5.41) is 7.73. The van der Waals surface area contributed by atoms with Gasteiger partial charge in [-0.05, 0) is 42.0 Å². The molecule has 4 heterocycles. The minimum atomic E-state index is -0.379. The first-order valence-electron chi connectivity index (χ1n) is 9.53. The third-order valence-corrected chi connectivity index (χ3v) is 5.17. The number of hydrogen-bond acceptors (Lipinski definition) is 7. The molecule has 9 heteroatoms. The van der Waals surface area contributed by atoms with Crippen molar-refractivity contribution in [3.8, 4) is 28.3 Å². The lowest BCUT2D eigenvalue weighted by molar-refractivity contribution is 0.122. The van der Waals surface area contributed by atoms with Crippen molar-refractivity contribution in [1.29, 1.82) is 0 Å². The molecular weight excluding hydrogens is 387 g/mol. The van der Waals surface area contributed by atoms with Gasteiger partial charge >= 0.3 is 0 Å². The van der Waals surface area contributed by atoms with Gasteiger partial charge in [0.15, 0.2) is 0 Å². The molecule has 0 saturated carbocycles. The SMILES string of the molecule is NOc1ccc(F)c(-c2cc(N3CCOCC3)nc3c(-c4ccn[nH]4)nccc23)c1. The normalized spacial score (nSPS) is 14.3. The molecule has 3 aromatic heterocycles. The van der Waals surface area contributed by atoms with Crippen LogP contribution in [0.25, 0.3) is 33.4 Å². The van der Waals surface area contributed by atoms with Crippen molar-refractivity contribution < 1.29 is 14.0 Å². The van der Waals surface area contributed by atoms with E-state index in [1.807, 2.05) is 18.2 Å². The average molecular weight is 406 g/mol. The second-order valence-corrected chi connectivity index (χ2v) is 6.91. The van der Waals surface area contributed by atoms with Crippen LogP contribution >= 0.6 is 0 Å². The maximum absolute atomic E-state index is 14.9. The van der Waals surface area contributed by atoms with E-state index in [1.165, 1.54) is 12.1 Å². The lowest BCUT2D eigenvalue weighted by atomic mass is 9.99. The molecule has 5 rings (SSSR count). The van der Waals surface area contributed by atoms with Crippen LogP contribution in [0.1, 0.15) is 0 Å². The summed E-state index contributed by atoms with van der Waals surface area (Å²) in [4.78, 5) is 16.4. The smallest absolute Gasteiger partial charge is 0.147 e. The number of ether oxygens (including phenoxy) is 1.